The fourth-order valence-corrected chi connectivity index (χ4v) is 7.45. The second kappa shape index (κ2) is 9.28. The average molecular weight is 563 g/mol. The first-order chi connectivity index (χ1) is 21.9. The van der Waals surface area contributed by atoms with Gasteiger partial charge >= 0.3 is 0 Å². The van der Waals surface area contributed by atoms with Crippen molar-refractivity contribution in [3.8, 4) is 22.4 Å². The van der Waals surface area contributed by atoms with Crippen molar-refractivity contribution >= 4 is 43.5 Å². The zero-order valence-electron chi connectivity index (χ0n) is 28.2. The van der Waals surface area contributed by atoms with E-state index >= 15 is 0 Å². The summed E-state index contributed by atoms with van der Waals surface area (Å²) in [6, 6.07) is 31.8. The van der Waals surface area contributed by atoms with Crippen molar-refractivity contribution in [2.75, 3.05) is 0 Å². The van der Waals surface area contributed by atoms with E-state index in [9.17, 15) is 0 Å². The number of pyridine rings is 1. The predicted octanol–water partition coefficient (Wildman–Crippen LogP) is 11.7. The van der Waals surface area contributed by atoms with E-state index in [0.717, 1.165) is 63.1 Å². The van der Waals surface area contributed by atoms with E-state index in [1.165, 1.54) is 21.9 Å². The molecule has 7 aromatic rings. The molecule has 5 aromatic carbocycles. The lowest BCUT2D eigenvalue weighted by atomic mass is 9.74. The molecule has 2 heteroatoms. The van der Waals surface area contributed by atoms with Crippen molar-refractivity contribution in [1.29, 1.82) is 0 Å². The van der Waals surface area contributed by atoms with E-state index in [-0.39, 0.29) is 16.4 Å². The van der Waals surface area contributed by atoms with Gasteiger partial charge in [-0.15, -0.1) is 0 Å². The number of hydrogen-bond acceptors (Lipinski definition) is 2. The zero-order chi connectivity index (χ0) is 32.0. The third-order valence-corrected chi connectivity index (χ3v) is 9.93. The molecule has 0 radical (unpaired) electrons. The van der Waals surface area contributed by atoms with Gasteiger partial charge in [0.25, 0.3) is 0 Å². The van der Waals surface area contributed by atoms with Crippen molar-refractivity contribution < 1.29 is 8.53 Å². The quantitative estimate of drug-likeness (QED) is 0.155. The van der Waals surface area contributed by atoms with Crippen LogP contribution in [0.5, 0.6) is 0 Å². The van der Waals surface area contributed by atoms with Gasteiger partial charge in [-0.2, -0.15) is 0 Å². The molecule has 0 fully saturated rings. The van der Waals surface area contributed by atoms with E-state index in [0.29, 0.717) is 11.3 Å². The first-order valence-corrected chi connectivity index (χ1v) is 15.3. The normalized spacial score (nSPS) is 17.4. The Bertz CT molecular complexity index is 2340. The minimum absolute atomic E-state index is 0.0101. The van der Waals surface area contributed by atoms with Gasteiger partial charge in [-0.25, -0.2) is 0 Å². The molecule has 1 aliphatic rings. The summed E-state index contributed by atoms with van der Waals surface area (Å²) in [7, 11) is 0. The molecule has 1 aliphatic carbocycles. The number of benzene rings is 5. The predicted molar refractivity (Wildman–Crippen MR) is 182 cm³/mol. The van der Waals surface area contributed by atoms with Crippen LogP contribution >= 0.6 is 0 Å². The van der Waals surface area contributed by atoms with Crippen molar-refractivity contribution in [2.24, 2.45) is 0 Å². The van der Waals surface area contributed by atoms with Gasteiger partial charge in [0.2, 0.25) is 0 Å². The molecule has 0 bridgehead atoms. The van der Waals surface area contributed by atoms with Crippen molar-refractivity contribution in [1.82, 2.24) is 4.98 Å². The third kappa shape index (κ3) is 4.11. The number of aromatic nitrogens is 1. The summed E-state index contributed by atoms with van der Waals surface area (Å²) < 4.78 is 31.9. The van der Waals surface area contributed by atoms with Gasteiger partial charge in [-0.3, -0.25) is 4.98 Å². The first kappa shape index (κ1) is 23.1. The summed E-state index contributed by atoms with van der Waals surface area (Å²) in [6.07, 6.45) is 4.94. The number of nitrogens with zero attached hydrogens (tertiary/aromatic N) is 1. The number of aryl methyl sites for hydroxylation is 1. The Morgan fingerprint density at radius 2 is 1.47 bits per heavy atom. The van der Waals surface area contributed by atoms with E-state index in [1.54, 1.807) is 6.20 Å². The Labute approximate surface area is 257 Å². The van der Waals surface area contributed by atoms with E-state index in [2.05, 4.69) is 100 Å². The molecule has 2 aromatic heterocycles. The van der Waals surface area contributed by atoms with Crippen LogP contribution in [-0.4, -0.2) is 4.98 Å². The highest BCUT2D eigenvalue weighted by Crippen LogP contribution is 2.45. The first-order valence-electron chi connectivity index (χ1n) is 16.8. The Kier molecular flexibility index (Phi) is 4.98. The van der Waals surface area contributed by atoms with Gasteiger partial charge in [-0.1, -0.05) is 101 Å². The minimum Gasteiger partial charge on any atom is -0.455 e. The van der Waals surface area contributed by atoms with Crippen LogP contribution in [0, 0.1) is 6.85 Å². The fraction of sp³-hybridized carbons (Fsp3) is 0.244. The van der Waals surface area contributed by atoms with E-state index < -0.39 is 6.85 Å². The Hall–Kier alpha value is -4.43. The van der Waals surface area contributed by atoms with E-state index in [1.807, 2.05) is 18.2 Å². The maximum Gasteiger partial charge on any atom is 0.144 e. The SMILES string of the molecule is [2H]C([2H])([2H])c1cnc(-c2cccc3c2oc2cc4c(ccc5ccccc54)cc23)cc1-c1ccc2c(c1)C(C)(C)CCCC2(C)C. The Morgan fingerprint density at radius 3 is 2.33 bits per heavy atom. The molecule has 0 saturated carbocycles. The van der Waals surface area contributed by atoms with Crippen LogP contribution in [0.2, 0.25) is 0 Å². The van der Waals surface area contributed by atoms with Gasteiger partial charge < -0.3 is 4.42 Å². The van der Waals surface area contributed by atoms with Gasteiger partial charge in [-0.05, 0) is 104 Å². The number of rotatable bonds is 2. The summed E-state index contributed by atoms with van der Waals surface area (Å²) in [6.45, 7) is 6.97. The molecule has 0 aliphatic heterocycles. The monoisotopic (exact) mass is 562 g/mol. The second-order valence-electron chi connectivity index (χ2n) is 13.6. The topological polar surface area (TPSA) is 26.0 Å². The van der Waals surface area contributed by atoms with Crippen LogP contribution in [-0.2, 0) is 10.8 Å². The van der Waals surface area contributed by atoms with Crippen LogP contribution < -0.4 is 0 Å². The van der Waals surface area contributed by atoms with Crippen LogP contribution in [0.15, 0.2) is 102 Å². The van der Waals surface area contributed by atoms with Crippen molar-refractivity contribution in [3.63, 3.8) is 0 Å². The average Bonchev–Trinajstić information content (AvgIpc) is 3.36. The van der Waals surface area contributed by atoms with Crippen LogP contribution in [0.1, 0.15) is 67.8 Å². The molecule has 0 N–H and O–H groups in total. The molecule has 8 rings (SSSR count). The zero-order valence-corrected chi connectivity index (χ0v) is 25.2. The van der Waals surface area contributed by atoms with Crippen molar-refractivity contribution in [3.05, 3.63) is 114 Å². The molecule has 0 spiro atoms. The van der Waals surface area contributed by atoms with Gasteiger partial charge in [0.05, 0.1) is 5.69 Å². The Morgan fingerprint density at radius 1 is 0.674 bits per heavy atom. The Balaban J connectivity index is 1.34. The highest BCUT2D eigenvalue weighted by molar-refractivity contribution is 6.17. The molecule has 0 atom stereocenters. The summed E-state index contributed by atoms with van der Waals surface area (Å²) in [5, 5.41) is 6.77. The summed E-state index contributed by atoms with van der Waals surface area (Å²) in [5.74, 6) is 0. The molecule has 0 amide bonds. The molecule has 2 nitrogen and oxygen atoms in total. The van der Waals surface area contributed by atoms with Crippen molar-refractivity contribution in [2.45, 2.75) is 64.6 Å². The molecular formula is C41H37NO. The summed E-state index contributed by atoms with van der Waals surface area (Å²) in [4.78, 5) is 4.75. The summed E-state index contributed by atoms with van der Waals surface area (Å²) >= 11 is 0. The molecule has 43 heavy (non-hydrogen) atoms. The molecule has 2 heterocycles. The van der Waals surface area contributed by atoms with Gasteiger partial charge in [0.15, 0.2) is 0 Å². The molecular weight excluding hydrogens is 522 g/mol. The number of fused-ring (bicyclic) bond motifs is 7. The lowest BCUT2D eigenvalue weighted by molar-refractivity contribution is 0.433. The highest BCUT2D eigenvalue weighted by Gasteiger charge is 2.34. The molecule has 212 valence electrons. The van der Waals surface area contributed by atoms with Crippen LogP contribution in [0.4, 0.5) is 0 Å². The summed E-state index contributed by atoms with van der Waals surface area (Å²) in [5.41, 5.74) is 7.69. The number of hydrogen-bond donors (Lipinski definition) is 0. The van der Waals surface area contributed by atoms with Crippen LogP contribution in [0.25, 0.3) is 65.9 Å². The third-order valence-electron chi connectivity index (χ3n) is 9.93. The smallest absolute Gasteiger partial charge is 0.144 e. The van der Waals surface area contributed by atoms with E-state index in [4.69, 9.17) is 13.5 Å². The standard InChI is InChI=1S/C41H37NO/c1-25-24-42-37(22-32(25)28-16-17-35-36(21-28)41(4,5)19-9-18-40(35,2)3)31-13-8-12-30-34-20-27-15-14-26-10-6-7-11-29(26)33(27)23-38(34)43-39(30)31/h6-8,10-17,20-24H,9,18-19H2,1-5H3/i1D3. The number of para-hydroxylation sites is 1. The largest absolute Gasteiger partial charge is 0.455 e. The minimum atomic E-state index is -2.31. The second-order valence-corrected chi connectivity index (χ2v) is 13.6. The highest BCUT2D eigenvalue weighted by atomic mass is 16.3. The van der Waals surface area contributed by atoms with Crippen LogP contribution in [0.3, 0.4) is 0 Å². The van der Waals surface area contributed by atoms with Gasteiger partial charge in [0, 0.05) is 26.6 Å². The fourth-order valence-electron chi connectivity index (χ4n) is 7.45. The lowest BCUT2D eigenvalue weighted by Gasteiger charge is -2.30. The lowest BCUT2D eigenvalue weighted by Crippen LogP contribution is -2.22. The molecule has 0 saturated heterocycles. The maximum atomic E-state index is 8.41. The maximum absolute atomic E-state index is 8.41. The number of furan rings is 1. The molecule has 0 unspecified atom stereocenters. The van der Waals surface area contributed by atoms with Gasteiger partial charge in [0.1, 0.15) is 11.2 Å².